The second-order valence-corrected chi connectivity index (χ2v) is 5.70. The van der Waals surface area contributed by atoms with Gasteiger partial charge >= 0.3 is 0 Å². The molecule has 2 aromatic rings. The van der Waals surface area contributed by atoms with Gasteiger partial charge < -0.3 is 10.4 Å². The highest BCUT2D eigenvalue weighted by Crippen LogP contribution is 2.28. The van der Waals surface area contributed by atoms with Gasteiger partial charge in [0.25, 0.3) is 5.91 Å². The Labute approximate surface area is 144 Å². The van der Waals surface area contributed by atoms with Crippen molar-refractivity contribution in [3.05, 3.63) is 59.7 Å². The smallest absolute Gasteiger partial charge is 0.261 e. The molecule has 0 aliphatic carbocycles. The average molecular weight is 336 g/mol. The fraction of sp³-hybridized carbons (Fsp3) is 0.105. The first kappa shape index (κ1) is 16.4. The van der Waals surface area contributed by atoms with Gasteiger partial charge in [0, 0.05) is 18.2 Å². The third-order valence-corrected chi connectivity index (χ3v) is 3.75. The SMILES string of the molecule is CC(=O)Nc1ccc(N2C(=O)C/C(=C\c3ccc(O)cc3)C2=O)cc1. The van der Waals surface area contributed by atoms with Crippen molar-refractivity contribution in [2.45, 2.75) is 13.3 Å². The number of phenolic OH excluding ortho intramolecular Hbond substituents is 1. The topological polar surface area (TPSA) is 86.7 Å². The van der Waals surface area contributed by atoms with E-state index in [1.807, 2.05) is 0 Å². The molecule has 0 atom stereocenters. The standard InChI is InChI=1S/C19H16N2O4/c1-12(22)20-15-4-6-16(7-5-15)21-18(24)11-14(19(21)25)10-13-2-8-17(23)9-3-13/h2-10,23H,11H2,1H3,(H,20,22)/b14-10+. The van der Waals surface area contributed by atoms with E-state index in [2.05, 4.69) is 5.32 Å². The Morgan fingerprint density at radius 2 is 1.72 bits per heavy atom. The van der Waals surface area contributed by atoms with Gasteiger partial charge in [0.15, 0.2) is 0 Å². The van der Waals surface area contributed by atoms with Gasteiger partial charge in [-0.25, -0.2) is 4.90 Å². The Bertz CT molecular complexity index is 867. The van der Waals surface area contributed by atoms with Crippen molar-refractivity contribution < 1.29 is 19.5 Å². The fourth-order valence-corrected chi connectivity index (χ4v) is 2.62. The summed E-state index contributed by atoms with van der Waals surface area (Å²) in [7, 11) is 0. The van der Waals surface area contributed by atoms with Crippen LogP contribution in [0, 0.1) is 0 Å². The molecule has 25 heavy (non-hydrogen) atoms. The van der Waals surface area contributed by atoms with Gasteiger partial charge in [-0.15, -0.1) is 0 Å². The van der Waals surface area contributed by atoms with Crippen LogP contribution in [-0.2, 0) is 14.4 Å². The molecular weight excluding hydrogens is 320 g/mol. The molecule has 1 heterocycles. The zero-order chi connectivity index (χ0) is 18.0. The molecule has 3 rings (SSSR count). The van der Waals surface area contributed by atoms with E-state index >= 15 is 0 Å². The maximum absolute atomic E-state index is 12.6. The Morgan fingerprint density at radius 3 is 2.32 bits per heavy atom. The summed E-state index contributed by atoms with van der Waals surface area (Å²) < 4.78 is 0. The number of amides is 3. The first-order chi connectivity index (χ1) is 11.9. The summed E-state index contributed by atoms with van der Waals surface area (Å²) in [6.45, 7) is 1.40. The van der Waals surface area contributed by atoms with Crippen molar-refractivity contribution in [3.63, 3.8) is 0 Å². The molecule has 6 nitrogen and oxygen atoms in total. The van der Waals surface area contributed by atoms with Crippen LogP contribution in [-0.4, -0.2) is 22.8 Å². The van der Waals surface area contributed by atoms with E-state index < -0.39 is 0 Å². The molecular formula is C19H16N2O4. The van der Waals surface area contributed by atoms with Crippen LogP contribution in [0.3, 0.4) is 0 Å². The van der Waals surface area contributed by atoms with E-state index in [1.165, 1.54) is 19.1 Å². The van der Waals surface area contributed by atoms with E-state index in [9.17, 15) is 19.5 Å². The molecule has 1 aliphatic heterocycles. The third kappa shape index (κ3) is 3.58. The molecule has 0 spiro atoms. The Kier molecular flexibility index (Phi) is 4.35. The second kappa shape index (κ2) is 6.60. The zero-order valence-corrected chi connectivity index (χ0v) is 13.5. The highest BCUT2D eigenvalue weighted by atomic mass is 16.3. The Morgan fingerprint density at radius 1 is 1.08 bits per heavy atom. The largest absolute Gasteiger partial charge is 0.508 e. The van der Waals surface area contributed by atoms with Gasteiger partial charge in [-0.3, -0.25) is 14.4 Å². The predicted octanol–water partition coefficient (Wildman–Crippen LogP) is 2.70. The summed E-state index contributed by atoms with van der Waals surface area (Å²) in [5.41, 5.74) is 2.17. The van der Waals surface area contributed by atoms with Gasteiger partial charge in [0.2, 0.25) is 11.8 Å². The van der Waals surface area contributed by atoms with Crippen LogP contribution in [0.1, 0.15) is 18.9 Å². The number of carbonyl (C=O) groups excluding carboxylic acids is 3. The molecule has 0 radical (unpaired) electrons. The number of aromatic hydroxyl groups is 1. The summed E-state index contributed by atoms with van der Waals surface area (Å²) in [6.07, 6.45) is 1.67. The number of anilines is 2. The van der Waals surface area contributed by atoms with Crippen molar-refractivity contribution in [2.24, 2.45) is 0 Å². The molecule has 0 unspecified atom stereocenters. The monoisotopic (exact) mass is 336 g/mol. The average Bonchev–Trinajstić information content (AvgIpc) is 2.84. The predicted molar refractivity (Wildman–Crippen MR) is 93.9 cm³/mol. The van der Waals surface area contributed by atoms with E-state index in [4.69, 9.17) is 0 Å². The van der Waals surface area contributed by atoms with Crippen molar-refractivity contribution in [1.29, 1.82) is 0 Å². The lowest BCUT2D eigenvalue weighted by atomic mass is 10.1. The minimum absolute atomic E-state index is 0.0210. The number of hydrogen-bond donors (Lipinski definition) is 2. The number of carbonyl (C=O) groups is 3. The number of hydrogen-bond acceptors (Lipinski definition) is 4. The maximum Gasteiger partial charge on any atom is 0.261 e. The van der Waals surface area contributed by atoms with E-state index in [0.29, 0.717) is 16.9 Å². The molecule has 0 saturated carbocycles. The Balaban J connectivity index is 1.83. The molecule has 6 heteroatoms. The van der Waals surface area contributed by atoms with Crippen LogP contribution in [0.5, 0.6) is 5.75 Å². The molecule has 2 N–H and O–H groups in total. The number of phenols is 1. The summed E-state index contributed by atoms with van der Waals surface area (Å²) in [5.74, 6) is -0.732. The molecule has 1 fully saturated rings. The summed E-state index contributed by atoms with van der Waals surface area (Å²) >= 11 is 0. The van der Waals surface area contributed by atoms with Crippen molar-refractivity contribution in [1.82, 2.24) is 0 Å². The number of imide groups is 1. The lowest BCUT2D eigenvalue weighted by molar-refractivity contribution is -0.120. The van der Waals surface area contributed by atoms with Gasteiger partial charge in [-0.2, -0.15) is 0 Å². The third-order valence-electron chi connectivity index (χ3n) is 3.75. The quantitative estimate of drug-likeness (QED) is 0.666. The second-order valence-electron chi connectivity index (χ2n) is 5.70. The minimum atomic E-state index is -0.370. The van der Waals surface area contributed by atoms with Crippen LogP contribution < -0.4 is 10.2 Å². The first-order valence-electron chi connectivity index (χ1n) is 7.68. The number of nitrogens with zero attached hydrogens (tertiary/aromatic N) is 1. The van der Waals surface area contributed by atoms with Crippen LogP contribution in [0.4, 0.5) is 11.4 Å². The minimum Gasteiger partial charge on any atom is -0.508 e. The molecule has 1 aliphatic rings. The summed E-state index contributed by atoms with van der Waals surface area (Å²) in [4.78, 5) is 37.0. The van der Waals surface area contributed by atoms with E-state index in [1.54, 1.807) is 42.5 Å². The highest BCUT2D eigenvalue weighted by Gasteiger charge is 2.34. The highest BCUT2D eigenvalue weighted by molar-refractivity contribution is 6.29. The van der Waals surface area contributed by atoms with Crippen molar-refractivity contribution >= 4 is 35.2 Å². The molecule has 3 amide bonds. The molecule has 0 aromatic heterocycles. The van der Waals surface area contributed by atoms with Crippen LogP contribution >= 0.6 is 0 Å². The van der Waals surface area contributed by atoms with Crippen LogP contribution in [0.2, 0.25) is 0 Å². The lowest BCUT2D eigenvalue weighted by Gasteiger charge is -2.14. The lowest BCUT2D eigenvalue weighted by Crippen LogP contribution is -2.28. The van der Waals surface area contributed by atoms with E-state index in [-0.39, 0.29) is 29.9 Å². The first-order valence-corrected chi connectivity index (χ1v) is 7.68. The molecule has 0 bridgehead atoms. The molecule has 1 saturated heterocycles. The van der Waals surface area contributed by atoms with Gasteiger partial charge in [-0.05, 0) is 48.0 Å². The Hall–Kier alpha value is -3.41. The fourth-order valence-electron chi connectivity index (χ4n) is 2.62. The maximum atomic E-state index is 12.6. The van der Waals surface area contributed by atoms with E-state index in [0.717, 1.165) is 10.5 Å². The summed E-state index contributed by atoms with van der Waals surface area (Å²) in [6, 6.07) is 12.9. The number of nitrogens with one attached hydrogen (secondary N) is 1. The van der Waals surface area contributed by atoms with Gasteiger partial charge in [0.05, 0.1) is 12.1 Å². The van der Waals surface area contributed by atoms with Gasteiger partial charge in [0.1, 0.15) is 5.75 Å². The van der Waals surface area contributed by atoms with Gasteiger partial charge in [-0.1, -0.05) is 12.1 Å². The van der Waals surface area contributed by atoms with Crippen molar-refractivity contribution in [3.8, 4) is 5.75 Å². The number of benzene rings is 2. The van der Waals surface area contributed by atoms with Crippen molar-refractivity contribution in [2.75, 3.05) is 10.2 Å². The normalized spacial score (nSPS) is 15.7. The zero-order valence-electron chi connectivity index (χ0n) is 13.5. The molecule has 126 valence electrons. The van der Waals surface area contributed by atoms with Crippen LogP contribution in [0.25, 0.3) is 6.08 Å². The number of rotatable bonds is 3. The molecule has 2 aromatic carbocycles. The van der Waals surface area contributed by atoms with Crippen LogP contribution in [0.15, 0.2) is 54.1 Å². The summed E-state index contributed by atoms with van der Waals surface area (Å²) in [5, 5.41) is 11.9.